The highest BCUT2D eigenvalue weighted by atomic mass is 16.6. The highest BCUT2D eigenvalue weighted by Gasteiger charge is 2.47. The number of rotatable bonds is 9. The van der Waals surface area contributed by atoms with Gasteiger partial charge in [-0.25, -0.2) is 0 Å². The fraction of sp³-hybridized carbons (Fsp3) is 0.516. The summed E-state index contributed by atoms with van der Waals surface area (Å²) in [6.45, 7) is 15.2. The zero-order chi connectivity index (χ0) is 26.7. The first kappa shape index (κ1) is 27.8. The number of benzene rings is 2. The Hall–Kier alpha value is -2.79. The van der Waals surface area contributed by atoms with E-state index in [0.717, 1.165) is 28.8 Å². The van der Waals surface area contributed by atoms with Crippen molar-refractivity contribution in [2.75, 3.05) is 20.3 Å². The number of aryl methyl sites for hydroxylation is 1. The highest BCUT2D eigenvalue weighted by molar-refractivity contribution is 5.88. The maximum absolute atomic E-state index is 13.3. The molecule has 1 aromatic heterocycles. The van der Waals surface area contributed by atoms with E-state index in [4.69, 9.17) is 14.2 Å². The molecule has 0 amide bonds. The van der Waals surface area contributed by atoms with E-state index in [1.165, 1.54) is 5.56 Å². The lowest BCUT2D eigenvalue weighted by Crippen LogP contribution is -2.45. The summed E-state index contributed by atoms with van der Waals surface area (Å²) in [5.74, 6) is 0.564. The molecule has 3 aromatic rings. The van der Waals surface area contributed by atoms with E-state index < -0.39 is 5.41 Å². The average Bonchev–Trinajstić information content (AvgIpc) is 3.13. The summed E-state index contributed by atoms with van der Waals surface area (Å²) in [4.78, 5) is 13.3. The zero-order valence-electron chi connectivity index (χ0n) is 23.5. The summed E-state index contributed by atoms with van der Waals surface area (Å²) in [7, 11) is 3.68. The third-order valence-electron chi connectivity index (χ3n) is 7.25. The Morgan fingerprint density at radius 1 is 0.917 bits per heavy atom. The van der Waals surface area contributed by atoms with Gasteiger partial charge in [0, 0.05) is 31.3 Å². The number of aromatic nitrogens is 1. The Bertz CT molecular complexity index is 1170. The molecule has 5 nitrogen and oxygen atoms in total. The minimum Gasteiger partial charge on any atom is -0.491 e. The minimum atomic E-state index is -0.613. The standard InChI is InChI=1S/C31H43NO4/c1-29(2,3)21-31(7,30(4,5)6)28(33)36-20-25(34-9)19-35-24-16-15-23-17-26(32(8)27(23)18-24)22-13-11-10-12-14-22/h10-18,25H,19-21H2,1-9H3. The normalized spacial score (nSPS) is 14.9. The number of nitrogens with zero attached hydrogens (tertiary/aromatic N) is 1. The molecule has 0 N–H and O–H groups in total. The molecule has 2 unspecified atom stereocenters. The second-order valence-electron chi connectivity index (χ2n) is 12.3. The van der Waals surface area contributed by atoms with Crippen LogP contribution >= 0.6 is 0 Å². The van der Waals surface area contributed by atoms with Crippen molar-refractivity contribution in [3.05, 3.63) is 54.6 Å². The van der Waals surface area contributed by atoms with Crippen LogP contribution in [0.15, 0.2) is 54.6 Å². The Morgan fingerprint density at radius 3 is 2.17 bits per heavy atom. The molecule has 0 saturated heterocycles. The van der Waals surface area contributed by atoms with Gasteiger partial charge < -0.3 is 18.8 Å². The summed E-state index contributed by atoms with van der Waals surface area (Å²) in [5, 5.41) is 1.15. The molecule has 0 spiro atoms. The van der Waals surface area contributed by atoms with E-state index in [2.05, 4.69) is 77.4 Å². The third kappa shape index (κ3) is 6.31. The summed E-state index contributed by atoms with van der Waals surface area (Å²) >= 11 is 0. The van der Waals surface area contributed by atoms with Crippen LogP contribution in [0.5, 0.6) is 5.75 Å². The van der Waals surface area contributed by atoms with Crippen molar-refractivity contribution in [2.45, 2.75) is 61.0 Å². The number of ether oxygens (including phenoxy) is 3. The van der Waals surface area contributed by atoms with E-state index in [0.29, 0.717) is 0 Å². The Labute approximate surface area is 216 Å². The molecule has 2 aromatic carbocycles. The lowest BCUT2D eigenvalue weighted by atomic mass is 9.61. The average molecular weight is 494 g/mol. The fourth-order valence-electron chi connectivity index (χ4n) is 4.69. The number of carbonyl (C=O) groups excluding carboxylic acids is 1. The SMILES string of the molecule is COC(COC(=O)C(C)(CC(C)(C)C)C(C)(C)C)COc1ccc2cc(-c3ccccc3)n(C)c2c1. The van der Waals surface area contributed by atoms with Gasteiger partial charge in [0.1, 0.15) is 25.1 Å². The van der Waals surface area contributed by atoms with Crippen molar-refractivity contribution in [1.82, 2.24) is 4.57 Å². The minimum absolute atomic E-state index is 0.000775. The first-order valence-electron chi connectivity index (χ1n) is 12.7. The van der Waals surface area contributed by atoms with Gasteiger partial charge in [-0.2, -0.15) is 0 Å². The zero-order valence-corrected chi connectivity index (χ0v) is 23.5. The van der Waals surface area contributed by atoms with Crippen molar-refractivity contribution in [3.8, 4) is 17.0 Å². The van der Waals surface area contributed by atoms with Crippen molar-refractivity contribution < 1.29 is 19.0 Å². The monoisotopic (exact) mass is 493 g/mol. The van der Waals surface area contributed by atoms with Gasteiger partial charge in [-0.05, 0) is 47.9 Å². The van der Waals surface area contributed by atoms with Crippen molar-refractivity contribution in [3.63, 3.8) is 0 Å². The van der Waals surface area contributed by atoms with Crippen LogP contribution in [0.1, 0.15) is 54.9 Å². The van der Waals surface area contributed by atoms with Gasteiger partial charge >= 0.3 is 5.97 Å². The summed E-state index contributed by atoms with van der Waals surface area (Å²) < 4.78 is 19.7. The largest absolute Gasteiger partial charge is 0.491 e. The third-order valence-corrected chi connectivity index (χ3v) is 7.25. The Kier molecular flexibility index (Phi) is 8.24. The van der Waals surface area contributed by atoms with Gasteiger partial charge in [-0.1, -0.05) is 71.9 Å². The Morgan fingerprint density at radius 2 is 1.58 bits per heavy atom. The number of carbonyl (C=O) groups is 1. The van der Waals surface area contributed by atoms with Crippen molar-refractivity contribution >= 4 is 16.9 Å². The van der Waals surface area contributed by atoms with E-state index >= 15 is 0 Å². The van der Waals surface area contributed by atoms with Crippen LogP contribution in [0.4, 0.5) is 0 Å². The molecule has 1 heterocycles. The first-order valence-corrected chi connectivity index (χ1v) is 12.7. The van der Waals surface area contributed by atoms with E-state index in [1.807, 2.05) is 37.3 Å². The van der Waals surface area contributed by atoms with Gasteiger partial charge in [-0.3, -0.25) is 4.79 Å². The second-order valence-corrected chi connectivity index (χ2v) is 12.3. The molecule has 0 bridgehead atoms. The molecule has 0 aliphatic carbocycles. The number of hydrogen-bond donors (Lipinski definition) is 0. The molecule has 3 rings (SSSR count). The van der Waals surface area contributed by atoms with Crippen LogP contribution in [0.25, 0.3) is 22.2 Å². The van der Waals surface area contributed by atoms with Crippen LogP contribution in [0.3, 0.4) is 0 Å². The fourth-order valence-corrected chi connectivity index (χ4v) is 4.69. The predicted octanol–water partition coefficient (Wildman–Crippen LogP) is 7.27. The van der Waals surface area contributed by atoms with E-state index in [9.17, 15) is 4.79 Å². The van der Waals surface area contributed by atoms with Gasteiger partial charge in [0.25, 0.3) is 0 Å². The lowest BCUT2D eigenvalue weighted by Gasteiger charge is -2.43. The molecule has 36 heavy (non-hydrogen) atoms. The molecule has 0 aliphatic rings. The number of hydrogen-bond acceptors (Lipinski definition) is 4. The molecule has 0 aliphatic heterocycles. The summed E-state index contributed by atoms with van der Waals surface area (Å²) in [5.41, 5.74) is 2.57. The van der Waals surface area contributed by atoms with Crippen molar-refractivity contribution in [2.24, 2.45) is 23.3 Å². The van der Waals surface area contributed by atoms with E-state index in [1.54, 1.807) is 7.11 Å². The lowest BCUT2D eigenvalue weighted by molar-refractivity contribution is -0.168. The molecule has 0 fully saturated rings. The van der Waals surface area contributed by atoms with Crippen LogP contribution in [-0.4, -0.2) is 37.0 Å². The smallest absolute Gasteiger partial charge is 0.312 e. The van der Waals surface area contributed by atoms with Gasteiger partial charge in [0.05, 0.1) is 10.9 Å². The van der Waals surface area contributed by atoms with Crippen LogP contribution in [-0.2, 0) is 21.3 Å². The maximum atomic E-state index is 13.3. The molecule has 0 radical (unpaired) electrons. The quantitative estimate of drug-likeness (QED) is 0.294. The molecule has 5 heteroatoms. The van der Waals surface area contributed by atoms with Gasteiger partial charge in [0.2, 0.25) is 0 Å². The summed E-state index contributed by atoms with van der Waals surface area (Å²) in [6.07, 6.45) is 0.370. The molecular formula is C31H43NO4. The molecule has 196 valence electrons. The van der Waals surface area contributed by atoms with Crippen molar-refractivity contribution in [1.29, 1.82) is 0 Å². The maximum Gasteiger partial charge on any atom is 0.312 e. The molecule has 2 atom stereocenters. The first-order chi connectivity index (χ1) is 16.7. The Balaban J connectivity index is 1.67. The number of fused-ring (bicyclic) bond motifs is 1. The van der Waals surface area contributed by atoms with Crippen LogP contribution in [0.2, 0.25) is 0 Å². The van der Waals surface area contributed by atoms with Crippen LogP contribution in [0, 0.1) is 16.2 Å². The topological polar surface area (TPSA) is 49.7 Å². The molecule has 0 saturated carbocycles. The number of esters is 1. The summed E-state index contributed by atoms with van der Waals surface area (Å²) in [6, 6.07) is 18.6. The van der Waals surface area contributed by atoms with Gasteiger partial charge in [-0.15, -0.1) is 0 Å². The number of methoxy groups -OCH3 is 1. The molecular weight excluding hydrogens is 450 g/mol. The second kappa shape index (κ2) is 10.7. The van der Waals surface area contributed by atoms with Crippen LogP contribution < -0.4 is 4.74 Å². The van der Waals surface area contributed by atoms with Gasteiger partial charge in [0.15, 0.2) is 0 Å². The van der Waals surface area contributed by atoms with E-state index in [-0.39, 0.29) is 36.1 Å². The highest BCUT2D eigenvalue weighted by Crippen LogP contribution is 2.47. The predicted molar refractivity (Wildman–Crippen MR) is 147 cm³/mol.